The number of hydrogen-bond donors (Lipinski definition) is 2. The predicted molar refractivity (Wildman–Crippen MR) is 59.9 cm³/mol. The van der Waals surface area contributed by atoms with Crippen LogP contribution in [0.1, 0.15) is 40.5 Å². The largest absolute Gasteiger partial charge is 0.480 e. The molecule has 0 rings (SSSR count). The van der Waals surface area contributed by atoms with Crippen LogP contribution in [0.4, 0.5) is 0 Å². The summed E-state index contributed by atoms with van der Waals surface area (Å²) < 4.78 is 0. The van der Waals surface area contributed by atoms with Crippen LogP contribution in [-0.2, 0) is 4.79 Å². The Balaban J connectivity index is 4.43. The molecular formula is C11H23NO3. The van der Waals surface area contributed by atoms with Crippen LogP contribution in [0, 0.1) is 0 Å². The minimum absolute atomic E-state index is 0.00877. The van der Waals surface area contributed by atoms with Crippen molar-refractivity contribution in [2.24, 2.45) is 0 Å². The topological polar surface area (TPSA) is 60.8 Å². The number of carbonyl (C=O) groups is 1. The van der Waals surface area contributed by atoms with Crippen molar-refractivity contribution in [3.63, 3.8) is 0 Å². The Bertz CT molecular complexity index is 204. The maximum absolute atomic E-state index is 10.7. The first-order valence-electron chi connectivity index (χ1n) is 5.50. The number of hydrogen-bond acceptors (Lipinski definition) is 3. The molecule has 0 aliphatic heterocycles. The molecule has 2 N–H and O–H groups in total. The van der Waals surface area contributed by atoms with Crippen molar-refractivity contribution >= 4 is 5.97 Å². The number of aliphatic carboxylic acids is 1. The van der Waals surface area contributed by atoms with E-state index in [0.717, 1.165) is 6.42 Å². The van der Waals surface area contributed by atoms with Crippen LogP contribution in [0.5, 0.6) is 0 Å². The van der Waals surface area contributed by atoms with Crippen LogP contribution in [0.2, 0.25) is 0 Å². The smallest absolute Gasteiger partial charge is 0.317 e. The van der Waals surface area contributed by atoms with Gasteiger partial charge in [-0.05, 0) is 26.7 Å². The van der Waals surface area contributed by atoms with E-state index in [0.29, 0.717) is 13.0 Å². The Morgan fingerprint density at radius 2 is 2.00 bits per heavy atom. The summed E-state index contributed by atoms with van der Waals surface area (Å²) in [5, 5.41) is 18.7. The summed E-state index contributed by atoms with van der Waals surface area (Å²) in [6.07, 6.45) is 1.51. The number of carboxylic acid groups (broad SMARTS) is 1. The van der Waals surface area contributed by atoms with Gasteiger partial charge in [0.25, 0.3) is 0 Å². The van der Waals surface area contributed by atoms with Crippen molar-refractivity contribution in [2.75, 3.05) is 13.1 Å². The second kappa shape index (κ2) is 6.08. The van der Waals surface area contributed by atoms with Gasteiger partial charge in [0, 0.05) is 12.6 Å². The molecule has 2 unspecified atom stereocenters. The molecule has 0 heterocycles. The first kappa shape index (κ1) is 14.4. The van der Waals surface area contributed by atoms with E-state index in [2.05, 4.69) is 0 Å². The summed E-state index contributed by atoms with van der Waals surface area (Å²) in [4.78, 5) is 12.5. The molecule has 0 aliphatic carbocycles. The molecule has 0 spiro atoms. The minimum Gasteiger partial charge on any atom is -0.480 e. The van der Waals surface area contributed by atoms with Gasteiger partial charge in [0.1, 0.15) is 0 Å². The van der Waals surface area contributed by atoms with Crippen LogP contribution >= 0.6 is 0 Å². The lowest BCUT2D eigenvalue weighted by atomic mass is 10.0. The lowest BCUT2D eigenvalue weighted by Gasteiger charge is -2.33. The minimum atomic E-state index is -0.845. The third-order valence-corrected chi connectivity index (χ3v) is 2.86. The summed E-state index contributed by atoms with van der Waals surface area (Å²) in [6.45, 7) is 8.03. The van der Waals surface area contributed by atoms with E-state index in [-0.39, 0.29) is 12.6 Å². The highest BCUT2D eigenvalue weighted by Gasteiger charge is 2.25. The highest BCUT2D eigenvalue weighted by Crippen LogP contribution is 2.14. The Morgan fingerprint density at radius 3 is 2.33 bits per heavy atom. The first-order chi connectivity index (χ1) is 6.82. The maximum Gasteiger partial charge on any atom is 0.317 e. The zero-order valence-corrected chi connectivity index (χ0v) is 10.2. The summed E-state index contributed by atoms with van der Waals surface area (Å²) in [5.41, 5.74) is -0.807. The van der Waals surface area contributed by atoms with Crippen LogP contribution in [0.25, 0.3) is 0 Å². The van der Waals surface area contributed by atoms with Crippen molar-refractivity contribution in [2.45, 2.75) is 52.2 Å². The molecule has 4 heteroatoms. The van der Waals surface area contributed by atoms with Gasteiger partial charge in [-0.2, -0.15) is 0 Å². The molecule has 0 aromatic heterocycles. The summed E-state index contributed by atoms with van der Waals surface area (Å²) >= 11 is 0. The molecule has 0 fully saturated rings. The molecule has 15 heavy (non-hydrogen) atoms. The molecule has 4 nitrogen and oxygen atoms in total. The van der Waals surface area contributed by atoms with Crippen LogP contribution in [0.15, 0.2) is 0 Å². The third-order valence-electron chi connectivity index (χ3n) is 2.86. The summed E-state index contributed by atoms with van der Waals surface area (Å²) in [5.74, 6) is -0.845. The Kier molecular flexibility index (Phi) is 5.83. The van der Waals surface area contributed by atoms with Gasteiger partial charge >= 0.3 is 5.97 Å². The van der Waals surface area contributed by atoms with Crippen molar-refractivity contribution < 1.29 is 15.0 Å². The molecule has 0 saturated heterocycles. The molecule has 0 aliphatic rings. The second-order valence-corrected chi connectivity index (χ2v) is 4.41. The Labute approximate surface area is 91.9 Å². The number of rotatable bonds is 7. The van der Waals surface area contributed by atoms with E-state index < -0.39 is 11.6 Å². The molecule has 0 bridgehead atoms. The van der Waals surface area contributed by atoms with E-state index in [1.807, 2.05) is 25.7 Å². The standard InChI is InChI=1S/C11H23NO3/c1-5-9(3)12(7-10(13)14)8-11(4,15)6-2/h9,15H,5-8H2,1-4H3,(H,13,14). The van der Waals surface area contributed by atoms with Crippen LogP contribution in [0.3, 0.4) is 0 Å². The van der Waals surface area contributed by atoms with Gasteiger partial charge in [0.15, 0.2) is 0 Å². The predicted octanol–water partition coefficient (Wildman–Crippen LogP) is 1.33. The normalized spacial score (nSPS) is 17.5. The van der Waals surface area contributed by atoms with Gasteiger partial charge in [0.05, 0.1) is 12.1 Å². The zero-order chi connectivity index (χ0) is 12.1. The lowest BCUT2D eigenvalue weighted by Crippen LogP contribution is -2.46. The zero-order valence-electron chi connectivity index (χ0n) is 10.2. The van der Waals surface area contributed by atoms with E-state index in [9.17, 15) is 9.90 Å². The third kappa shape index (κ3) is 5.74. The van der Waals surface area contributed by atoms with Gasteiger partial charge in [-0.15, -0.1) is 0 Å². The van der Waals surface area contributed by atoms with Crippen molar-refractivity contribution in [1.82, 2.24) is 4.90 Å². The summed E-state index contributed by atoms with van der Waals surface area (Å²) in [7, 11) is 0. The van der Waals surface area contributed by atoms with Crippen molar-refractivity contribution in [3.05, 3.63) is 0 Å². The fraction of sp³-hybridized carbons (Fsp3) is 0.909. The van der Waals surface area contributed by atoms with Crippen molar-refractivity contribution in [3.8, 4) is 0 Å². The Morgan fingerprint density at radius 1 is 1.47 bits per heavy atom. The van der Waals surface area contributed by atoms with Gasteiger partial charge in [-0.1, -0.05) is 13.8 Å². The average molecular weight is 217 g/mol. The van der Waals surface area contributed by atoms with Crippen LogP contribution < -0.4 is 0 Å². The van der Waals surface area contributed by atoms with E-state index in [4.69, 9.17) is 5.11 Å². The van der Waals surface area contributed by atoms with E-state index in [1.165, 1.54) is 0 Å². The molecule has 0 saturated carbocycles. The quantitative estimate of drug-likeness (QED) is 0.675. The van der Waals surface area contributed by atoms with Gasteiger partial charge in [0.2, 0.25) is 0 Å². The van der Waals surface area contributed by atoms with E-state index in [1.54, 1.807) is 6.92 Å². The SMILES string of the molecule is CCC(C)N(CC(=O)O)CC(C)(O)CC. The molecule has 90 valence electrons. The fourth-order valence-electron chi connectivity index (χ4n) is 1.35. The van der Waals surface area contributed by atoms with Crippen molar-refractivity contribution in [1.29, 1.82) is 0 Å². The van der Waals surface area contributed by atoms with Crippen LogP contribution in [-0.4, -0.2) is 45.8 Å². The molecule has 0 radical (unpaired) electrons. The number of nitrogens with zero attached hydrogens (tertiary/aromatic N) is 1. The molecule has 0 amide bonds. The maximum atomic E-state index is 10.7. The molecular weight excluding hydrogens is 194 g/mol. The molecule has 0 aromatic carbocycles. The molecule has 0 aromatic rings. The highest BCUT2D eigenvalue weighted by molar-refractivity contribution is 5.69. The van der Waals surface area contributed by atoms with Gasteiger partial charge < -0.3 is 10.2 Å². The Hall–Kier alpha value is -0.610. The molecule has 2 atom stereocenters. The average Bonchev–Trinajstić information content (AvgIpc) is 2.14. The van der Waals surface area contributed by atoms with Gasteiger partial charge in [-0.25, -0.2) is 0 Å². The number of aliphatic hydroxyl groups is 1. The lowest BCUT2D eigenvalue weighted by molar-refractivity contribution is -0.139. The van der Waals surface area contributed by atoms with Gasteiger partial charge in [-0.3, -0.25) is 9.69 Å². The van der Waals surface area contributed by atoms with E-state index >= 15 is 0 Å². The first-order valence-corrected chi connectivity index (χ1v) is 5.50. The monoisotopic (exact) mass is 217 g/mol. The highest BCUT2D eigenvalue weighted by atomic mass is 16.4. The fourth-order valence-corrected chi connectivity index (χ4v) is 1.35. The second-order valence-electron chi connectivity index (χ2n) is 4.41. The number of carboxylic acids is 1. The summed E-state index contributed by atoms with van der Waals surface area (Å²) in [6, 6.07) is 0.180.